The van der Waals surface area contributed by atoms with E-state index in [0.717, 1.165) is 22.9 Å². The minimum absolute atomic E-state index is 0.0245. The van der Waals surface area contributed by atoms with Gasteiger partial charge in [0.15, 0.2) is 0 Å². The maximum absolute atomic E-state index is 12.8. The molecule has 1 fully saturated rings. The topological polar surface area (TPSA) is 98.8 Å². The smallest absolute Gasteiger partial charge is 0.317 e. The Balaban J connectivity index is 1.72. The van der Waals surface area contributed by atoms with Crippen molar-refractivity contribution in [2.24, 2.45) is 0 Å². The van der Waals surface area contributed by atoms with Crippen LogP contribution >= 0.6 is 0 Å². The number of hydrogen-bond acceptors (Lipinski definition) is 4. The first kappa shape index (κ1) is 24.7. The molecule has 1 saturated heterocycles. The molecule has 0 bridgehead atoms. The lowest BCUT2D eigenvalue weighted by atomic mass is 10.0. The Labute approximate surface area is 196 Å². The van der Waals surface area contributed by atoms with Crippen molar-refractivity contribution in [2.75, 3.05) is 32.4 Å². The van der Waals surface area contributed by atoms with Gasteiger partial charge >= 0.3 is 6.03 Å². The van der Waals surface area contributed by atoms with Crippen LogP contribution in [0.4, 0.5) is 4.79 Å². The molecule has 9 heteroatoms. The Morgan fingerprint density at radius 3 is 2.42 bits per heavy atom. The summed E-state index contributed by atoms with van der Waals surface area (Å²) in [6.07, 6.45) is 1.64. The summed E-state index contributed by atoms with van der Waals surface area (Å²) in [6.45, 7) is 3.65. The molecule has 0 aromatic heterocycles. The summed E-state index contributed by atoms with van der Waals surface area (Å²) in [6, 6.07) is 16.3. The van der Waals surface area contributed by atoms with Crippen LogP contribution in [-0.4, -0.2) is 62.0 Å². The van der Waals surface area contributed by atoms with Gasteiger partial charge in [0.2, 0.25) is 15.9 Å². The monoisotopic (exact) mass is 472 g/mol. The van der Waals surface area contributed by atoms with Crippen molar-refractivity contribution in [2.45, 2.75) is 32.4 Å². The van der Waals surface area contributed by atoms with E-state index in [9.17, 15) is 18.0 Å². The van der Waals surface area contributed by atoms with Crippen LogP contribution in [0.25, 0.3) is 0 Å². The third kappa shape index (κ3) is 7.30. The van der Waals surface area contributed by atoms with Crippen molar-refractivity contribution in [3.63, 3.8) is 0 Å². The normalized spacial score (nSPS) is 18.8. The third-order valence-corrected chi connectivity index (χ3v) is 6.99. The third-order valence-electron chi connectivity index (χ3n) is 5.70. The zero-order valence-electron chi connectivity index (χ0n) is 19.2. The first-order valence-corrected chi connectivity index (χ1v) is 13.0. The molecule has 0 radical (unpaired) electrons. The van der Waals surface area contributed by atoms with Crippen molar-refractivity contribution >= 4 is 22.0 Å². The summed E-state index contributed by atoms with van der Waals surface area (Å²) in [7, 11) is -3.58. The molecule has 1 unspecified atom stereocenters. The summed E-state index contributed by atoms with van der Waals surface area (Å²) in [4.78, 5) is 27.1. The fraction of sp³-hybridized carbons (Fsp3) is 0.417. The van der Waals surface area contributed by atoms with E-state index in [2.05, 4.69) is 10.6 Å². The van der Waals surface area contributed by atoms with E-state index in [0.29, 0.717) is 32.6 Å². The van der Waals surface area contributed by atoms with E-state index in [4.69, 9.17) is 0 Å². The van der Waals surface area contributed by atoms with Gasteiger partial charge in [-0.05, 0) is 24.5 Å². The second kappa shape index (κ2) is 11.3. The first-order valence-electron chi connectivity index (χ1n) is 11.1. The minimum Gasteiger partial charge on any atom is -0.354 e. The Hall–Kier alpha value is -2.91. The van der Waals surface area contributed by atoms with Crippen LogP contribution < -0.4 is 10.6 Å². The van der Waals surface area contributed by atoms with Gasteiger partial charge in [-0.25, -0.2) is 13.2 Å². The van der Waals surface area contributed by atoms with E-state index < -0.39 is 16.1 Å². The SMILES string of the molecule is Cc1ccc(CNC(=O)N2CCCN(S(C)(=O)=O)C(c3ccccc3)CC(=O)NCC2)cc1. The predicted molar refractivity (Wildman–Crippen MR) is 128 cm³/mol. The number of nitrogens with one attached hydrogen (secondary N) is 2. The number of urea groups is 1. The second-order valence-electron chi connectivity index (χ2n) is 8.34. The number of benzene rings is 2. The predicted octanol–water partition coefficient (Wildman–Crippen LogP) is 2.42. The largest absolute Gasteiger partial charge is 0.354 e. The van der Waals surface area contributed by atoms with Crippen LogP contribution in [0, 0.1) is 6.92 Å². The number of rotatable bonds is 4. The molecular formula is C24H32N4O4S. The van der Waals surface area contributed by atoms with Gasteiger partial charge in [-0.3, -0.25) is 4.79 Å². The van der Waals surface area contributed by atoms with Crippen molar-refractivity contribution < 1.29 is 18.0 Å². The van der Waals surface area contributed by atoms with Crippen molar-refractivity contribution in [1.82, 2.24) is 19.8 Å². The van der Waals surface area contributed by atoms with Crippen LogP contribution in [0.3, 0.4) is 0 Å². The van der Waals surface area contributed by atoms with Crippen molar-refractivity contribution in [3.8, 4) is 0 Å². The number of amides is 3. The van der Waals surface area contributed by atoms with Gasteiger partial charge in [0.25, 0.3) is 0 Å². The molecule has 178 valence electrons. The number of hydrogen-bond donors (Lipinski definition) is 2. The summed E-state index contributed by atoms with van der Waals surface area (Å²) in [5.74, 6) is -0.251. The Bertz CT molecular complexity index is 1040. The number of carbonyl (C=O) groups is 2. The molecule has 1 atom stereocenters. The average Bonchev–Trinajstić information content (AvgIpc) is 2.82. The summed E-state index contributed by atoms with van der Waals surface area (Å²) >= 11 is 0. The molecule has 2 N–H and O–H groups in total. The lowest BCUT2D eigenvalue weighted by Crippen LogP contribution is -2.44. The lowest BCUT2D eigenvalue weighted by Gasteiger charge is -2.30. The molecule has 0 saturated carbocycles. The summed E-state index contributed by atoms with van der Waals surface area (Å²) in [5.41, 5.74) is 2.91. The molecule has 2 aromatic rings. The van der Waals surface area contributed by atoms with Crippen molar-refractivity contribution in [1.29, 1.82) is 0 Å². The maximum Gasteiger partial charge on any atom is 0.317 e. The van der Waals surface area contributed by atoms with E-state index in [-0.39, 0.29) is 24.9 Å². The highest BCUT2D eigenvalue weighted by Crippen LogP contribution is 2.27. The Kier molecular flexibility index (Phi) is 8.46. The number of nitrogens with zero attached hydrogens (tertiary/aromatic N) is 2. The molecular weight excluding hydrogens is 440 g/mol. The molecule has 2 aromatic carbocycles. The van der Waals surface area contributed by atoms with Crippen LogP contribution in [0.1, 0.15) is 35.6 Å². The zero-order valence-corrected chi connectivity index (χ0v) is 20.0. The Morgan fingerprint density at radius 1 is 1.06 bits per heavy atom. The highest BCUT2D eigenvalue weighted by atomic mass is 32.2. The fourth-order valence-electron chi connectivity index (χ4n) is 3.92. The average molecular weight is 473 g/mol. The lowest BCUT2D eigenvalue weighted by molar-refractivity contribution is -0.122. The molecule has 1 heterocycles. The highest BCUT2D eigenvalue weighted by molar-refractivity contribution is 7.88. The van der Waals surface area contributed by atoms with Gasteiger partial charge in [-0.1, -0.05) is 60.2 Å². The van der Waals surface area contributed by atoms with Crippen molar-refractivity contribution in [3.05, 3.63) is 71.3 Å². The van der Waals surface area contributed by atoms with E-state index in [1.54, 1.807) is 4.90 Å². The molecule has 1 aliphatic heterocycles. The van der Waals surface area contributed by atoms with E-state index in [1.165, 1.54) is 4.31 Å². The highest BCUT2D eigenvalue weighted by Gasteiger charge is 2.30. The molecule has 8 nitrogen and oxygen atoms in total. The van der Waals surface area contributed by atoms with Gasteiger partial charge in [-0.2, -0.15) is 4.31 Å². The first-order chi connectivity index (χ1) is 15.7. The molecule has 3 rings (SSSR count). The van der Waals surface area contributed by atoms with Gasteiger partial charge in [-0.15, -0.1) is 0 Å². The van der Waals surface area contributed by atoms with Gasteiger partial charge in [0.1, 0.15) is 0 Å². The summed E-state index contributed by atoms with van der Waals surface area (Å²) in [5, 5.41) is 5.75. The number of sulfonamides is 1. The van der Waals surface area contributed by atoms with Gasteiger partial charge < -0.3 is 15.5 Å². The van der Waals surface area contributed by atoms with E-state index >= 15 is 0 Å². The zero-order chi connectivity index (χ0) is 23.8. The quantitative estimate of drug-likeness (QED) is 0.714. The van der Waals surface area contributed by atoms with Gasteiger partial charge in [0.05, 0.1) is 12.3 Å². The molecule has 1 aliphatic rings. The second-order valence-corrected chi connectivity index (χ2v) is 10.3. The summed E-state index contributed by atoms with van der Waals surface area (Å²) < 4.78 is 26.6. The van der Waals surface area contributed by atoms with Crippen LogP contribution in [0.5, 0.6) is 0 Å². The fourth-order valence-corrected chi connectivity index (χ4v) is 5.04. The standard InChI is InChI=1S/C24H32N4O4S/c1-19-9-11-20(12-10-19)18-26-24(30)27-14-6-15-28(33(2,31)32)22(17-23(29)25-13-16-27)21-7-4-3-5-8-21/h3-5,7-12,22H,6,13-18H2,1-2H3,(H,25,29)(H,26,30). The molecule has 3 amide bonds. The number of carbonyl (C=O) groups excluding carboxylic acids is 2. The maximum atomic E-state index is 12.8. The Morgan fingerprint density at radius 2 is 1.76 bits per heavy atom. The van der Waals surface area contributed by atoms with Crippen LogP contribution in [0.15, 0.2) is 54.6 Å². The minimum atomic E-state index is -3.58. The van der Waals surface area contributed by atoms with E-state index in [1.807, 2.05) is 61.5 Å². The number of aryl methyl sites for hydroxylation is 1. The molecule has 33 heavy (non-hydrogen) atoms. The van der Waals surface area contributed by atoms with Crippen LogP contribution in [0.2, 0.25) is 0 Å². The molecule has 0 spiro atoms. The molecule has 0 aliphatic carbocycles. The van der Waals surface area contributed by atoms with Crippen LogP contribution in [-0.2, 0) is 21.4 Å². The van der Waals surface area contributed by atoms with Gasteiger partial charge in [0, 0.05) is 39.1 Å².